The van der Waals surface area contributed by atoms with Gasteiger partial charge in [0, 0.05) is 27.7 Å². The Hall–Kier alpha value is -3.71. The molecule has 0 saturated carbocycles. The Morgan fingerprint density at radius 2 is 1.41 bits per heavy atom. The highest BCUT2D eigenvalue weighted by Crippen LogP contribution is 2.38. The first kappa shape index (κ1) is 29.8. The van der Waals surface area contributed by atoms with Crippen LogP contribution in [0.2, 0.25) is 0 Å². The van der Waals surface area contributed by atoms with Crippen LogP contribution in [0.3, 0.4) is 0 Å². The number of hydrogen-bond donors (Lipinski definition) is 0. The number of hydrogen-bond acceptors (Lipinski definition) is 12. The minimum absolute atomic E-state index is 0.211. The summed E-state index contributed by atoms with van der Waals surface area (Å²) in [6, 6.07) is 8.79. The maximum Gasteiger partial charge on any atom is 0.303 e. The van der Waals surface area contributed by atoms with Crippen molar-refractivity contribution in [3.05, 3.63) is 41.6 Å². The van der Waals surface area contributed by atoms with Gasteiger partial charge in [0.25, 0.3) is 5.91 Å². The van der Waals surface area contributed by atoms with Crippen molar-refractivity contribution >= 4 is 52.4 Å². The molecule has 0 radical (unpaired) electrons. The van der Waals surface area contributed by atoms with Gasteiger partial charge in [0.05, 0.1) is 5.69 Å². The molecule has 1 amide bonds. The molecule has 1 saturated heterocycles. The maximum atomic E-state index is 13.3. The SMILES string of the molecule is CC(=O)OC[C@@H]1O[C@@H](SC2=NC(=C(C)C)C(=O)N2c2ccccc2)[C@H](OC(C)=O)[C@H](OC(C)=O)[C@@H]1OC(C)=O. The number of rotatable bonds is 7. The van der Waals surface area contributed by atoms with Crippen LogP contribution in [0, 0.1) is 0 Å². The lowest BCUT2D eigenvalue weighted by molar-refractivity contribution is -0.237. The van der Waals surface area contributed by atoms with Crippen LogP contribution < -0.4 is 4.90 Å². The van der Waals surface area contributed by atoms with E-state index in [-0.39, 0.29) is 23.4 Å². The average Bonchev–Trinajstić information content (AvgIpc) is 3.17. The number of amides is 1. The van der Waals surface area contributed by atoms with Crippen LogP contribution in [0.5, 0.6) is 0 Å². The van der Waals surface area contributed by atoms with Crippen LogP contribution >= 0.6 is 11.8 Å². The highest BCUT2D eigenvalue weighted by atomic mass is 32.2. The number of aliphatic imine (C=N–C) groups is 1. The van der Waals surface area contributed by atoms with Crippen LogP contribution in [0.4, 0.5) is 5.69 Å². The van der Waals surface area contributed by atoms with Gasteiger partial charge in [-0.05, 0) is 31.6 Å². The molecule has 1 fully saturated rings. The number of carbonyl (C=O) groups is 5. The molecule has 0 bridgehead atoms. The first-order valence-corrected chi connectivity index (χ1v) is 12.9. The van der Waals surface area contributed by atoms with E-state index >= 15 is 0 Å². The topological polar surface area (TPSA) is 147 Å². The summed E-state index contributed by atoms with van der Waals surface area (Å²) < 4.78 is 27.7. The van der Waals surface area contributed by atoms with Crippen LogP contribution in [0.25, 0.3) is 0 Å². The summed E-state index contributed by atoms with van der Waals surface area (Å²) in [7, 11) is 0. The van der Waals surface area contributed by atoms with Crippen molar-refractivity contribution < 1.29 is 47.7 Å². The lowest BCUT2D eigenvalue weighted by Gasteiger charge is -2.44. The van der Waals surface area contributed by atoms with Crippen LogP contribution in [-0.4, -0.2) is 71.4 Å². The van der Waals surface area contributed by atoms with Crippen LogP contribution in [0.15, 0.2) is 46.6 Å². The molecule has 2 aliphatic heterocycles. The van der Waals surface area contributed by atoms with E-state index in [2.05, 4.69) is 4.99 Å². The number of carbonyl (C=O) groups excluding carboxylic acids is 5. The van der Waals surface area contributed by atoms with Gasteiger partial charge < -0.3 is 23.7 Å². The molecular weight excluding hydrogens is 532 g/mol. The second-order valence-electron chi connectivity index (χ2n) is 8.90. The van der Waals surface area contributed by atoms with Gasteiger partial charge in [-0.1, -0.05) is 30.0 Å². The Labute approximate surface area is 229 Å². The fourth-order valence-electron chi connectivity index (χ4n) is 3.98. The Balaban J connectivity index is 2.08. The minimum atomic E-state index is -1.33. The lowest BCUT2D eigenvalue weighted by atomic mass is 9.99. The number of benzene rings is 1. The smallest absolute Gasteiger partial charge is 0.303 e. The van der Waals surface area contributed by atoms with Crippen LogP contribution in [-0.2, 0) is 47.7 Å². The summed E-state index contributed by atoms with van der Waals surface area (Å²) in [5.41, 5.74) is 0.320. The summed E-state index contributed by atoms with van der Waals surface area (Å²) >= 11 is 0.945. The molecule has 2 aliphatic rings. The molecule has 5 atom stereocenters. The Kier molecular flexibility index (Phi) is 9.86. The van der Waals surface area contributed by atoms with Crippen molar-refractivity contribution in [1.82, 2.24) is 0 Å². The number of amidine groups is 1. The van der Waals surface area contributed by atoms with E-state index in [0.717, 1.165) is 32.5 Å². The number of anilines is 1. The van der Waals surface area contributed by atoms with Crippen molar-refractivity contribution in [2.24, 2.45) is 4.99 Å². The normalized spacial score (nSPS) is 24.5. The Morgan fingerprint density at radius 1 is 0.846 bits per heavy atom. The summed E-state index contributed by atoms with van der Waals surface area (Å²) in [5, 5.41) is 0.211. The number of para-hydroxylation sites is 1. The summed E-state index contributed by atoms with van der Waals surface area (Å²) in [6.45, 7) is 7.79. The van der Waals surface area contributed by atoms with Gasteiger partial charge >= 0.3 is 23.9 Å². The van der Waals surface area contributed by atoms with E-state index in [1.165, 1.54) is 11.8 Å². The van der Waals surface area contributed by atoms with Crippen molar-refractivity contribution in [1.29, 1.82) is 0 Å². The van der Waals surface area contributed by atoms with Crippen molar-refractivity contribution in [3.63, 3.8) is 0 Å². The van der Waals surface area contributed by atoms with Gasteiger partial charge in [-0.25, -0.2) is 4.99 Å². The van der Waals surface area contributed by atoms with E-state index in [1.54, 1.807) is 44.2 Å². The third-order valence-corrected chi connectivity index (χ3v) is 6.56. The van der Waals surface area contributed by atoms with E-state index in [4.69, 9.17) is 23.7 Å². The highest BCUT2D eigenvalue weighted by molar-refractivity contribution is 8.14. The molecule has 12 nitrogen and oxygen atoms in total. The second kappa shape index (κ2) is 12.9. The second-order valence-corrected chi connectivity index (χ2v) is 9.97. The fourth-order valence-corrected chi connectivity index (χ4v) is 5.17. The summed E-state index contributed by atoms with van der Waals surface area (Å²) in [5.74, 6) is -3.17. The Morgan fingerprint density at radius 3 is 1.95 bits per heavy atom. The highest BCUT2D eigenvalue weighted by Gasteiger charge is 2.53. The van der Waals surface area contributed by atoms with E-state index < -0.39 is 53.7 Å². The number of nitrogens with zero attached hydrogens (tertiary/aromatic N) is 2. The average molecular weight is 563 g/mol. The fraction of sp³-hybridized carbons (Fsp3) is 0.462. The molecule has 0 spiro atoms. The molecule has 13 heteroatoms. The minimum Gasteiger partial charge on any atom is -0.463 e. The first-order valence-electron chi connectivity index (χ1n) is 12.0. The van der Waals surface area contributed by atoms with E-state index in [0.29, 0.717) is 11.3 Å². The largest absolute Gasteiger partial charge is 0.463 e. The summed E-state index contributed by atoms with van der Waals surface area (Å²) in [6.07, 6.45) is -5.01. The van der Waals surface area contributed by atoms with Gasteiger partial charge in [-0.3, -0.25) is 28.9 Å². The Bertz CT molecular complexity index is 1190. The molecule has 0 N–H and O–H groups in total. The maximum absolute atomic E-state index is 13.3. The van der Waals surface area contributed by atoms with E-state index in [9.17, 15) is 24.0 Å². The van der Waals surface area contributed by atoms with Gasteiger partial charge in [0.1, 0.15) is 18.4 Å². The molecule has 0 unspecified atom stereocenters. The molecule has 1 aromatic rings. The van der Waals surface area contributed by atoms with Gasteiger partial charge in [-0.2, -0.15) is 0 Å². The first-order chi connectivity index (χ1) is 18.4. The zero-order valence-corrected chi connectivity index (χ0v) is 23.2. The molecule has 0 aromatic heterocycles. The predicted molar refractivity (Wildman–Crippen MR) is 139 cm³/mol. The molecule has 2 heterocycles. The number of allylic oxidation sites excluding steroid dienone is 1. The zero-order valence-electron chi connectivity index (χ0n) is 22.4. The van der Waals surface area contributed by atoms with Gasteiger partial charge in [0.2, 0.25) is 0 Å². The molecule has 0 aliphatic carbocycles. The quantitative estimate of drug-likeness (QED) is 0.274. The lowest BCUT2D eigenvalue weighted by Crippen LogP contribution is -2.61. The standard InChI is InChI=1S/C26H30N2O10S/c1-13(2)20-24(33)28(18-10-8-7-9-11-18)26(27-20)39-25-23(37-17(6)32)22(36-16(5)31)21(35-15(4)30)19(38-25)12-34-14(3)29/h7-11,19,21-23,25H,12H2,1-6H3/t19-,21+,22+,23+,25-/m0/s1. The number of thioether (sulfide) groups is 1. The summed E-state index contributed by atoms with van der Waals surface area (Å²) in [4.78, 5) is 66.9. The predicted octanol–water partition coefficient (Wildman–Crippen LogP) is 2.50. The molecule has 3 rings (SSSR count). The number of ether oxygens (including phenoxy) is 5. The molecular formula is C26H30N2O10S. The molecule has 39 heavy (non-hydrogen) atoms. The molecule has 1 aromatic carbocycles. The van der Waals surface area contributed by atoms with E-state index in [1.807, 2.05) is 0 Å². The molecule has 210 valence electrons. The van der Waals surface area contributed by atoms with Crippen molar-refractivity contribution in [3.8, 4) is 0 Å². The van der Waals surface area contributed by atoms with Crippen molar-refractivity contribution in [2.75, 3.05) is 11.5 Å². The number of esters is 4. The third-order valence-electron chi connectivity index (χ3n) is 5.46. The van der Waals surface area contributed by atoms with Gasteiger partial charge in [0.15, 0.2) is 28.9 Å². The van der Waals surface area contributed by atoms with Crippen LogP contribution in [0.1, 0.15) is 41.5 Å². The third kappa shape index (κ3) is 7.45. The van der Waals surface area contributed by atoms with Gasteiger partial charge in [-0.15, -0.1) is 0 Å². The van der Waals surface area contributed by atoms with Crippen molar-refractivity contribution in [2.45, 2.75) is 71.4 Å². The zero-order chi connectivity index (χ0) is 28.9. The monoisotopic (exact) mass is 562 g/mol.